The Morgan fingerprint density at radius 2 is 0.825 bits per heavy atom. The molecule has 0 radical (unpaired) electrons. The van der Waals surface area contributed by atoms with Crippen LogP contribution in [0.15, 0.2) is 118 Å². The van der Waals surface area contributed by atoms with Gasteiger partial charge in [-0.25, -0.2) is 0 Å². The van der Waals surface area contributed by atoms with Crippen molar-refractivity contribution in [1.82, 2.24) is 0 Å². The molecule has 120 heavy (non-hydrogen) atoms. The van der Waals surface area contributed by atoms with Crippen LogP contribution < -0.4 is 28.4 Å². The summed E-state index contributed by atoms with van der Waals surface area (Å²) in [7, 11) is 0. The third kappa shape index (κ3) is 37.4. The second-order valence-electron chi connectivity index (χ2n) is 33.0. The zero-order chi connectivity index (χ0) is 91.7. The van der Waals surface area contributed by atoms with E-state index in [1.54, 1.807) is 30.4 Å². The molecule has 8 rings (SSSR count). The van der Waals surface area contributed by atoms with Crippen LogP contribution in [0.5, 0.6) is 46.0 Å². The molecule has 2 aliphatic carbocycles. The summed E-state index contributed by atoms with van der Waals surface area (Å²) in [5.74, 6) is 8.02. The van der Waals surface area contributed by atoms with Crippen molar-refractivity contribution in [1.29, 1.82) is 0 Å². The number of ether oxygens (including phenoxy) is 8. The molecule has 0 aromatic heterocycles. The van der Waals surface area contributed by atoms with Crippen LogP contribution in [0.2, 0.25) is 0 Å². The third-order valence-electron chi connectivity index (χ3n) is 18.9. The van der Waals surface area contributed by atoms with Crippen molar-refractivity contribution in [3.63, 3.8) is 0 Å². The summed E-state index contributed by atoms with van der Waals surface area (Å²) in [6.45, 7) is 64.0. The second kappa shape index (κ2) is 55.6. The van der Waals surface area contributed by atoms with Crippen LogP contribution in [0.25, 0.3) is 0 Å². The quantitative estimate of drug-likeness (QED) is 0.0340. The molecule has 0 saturated carbocycles. The number of phenols is 2. The Labute approximate surface area is 722 Å². The number of Topliss-reactive ketones (excluding diaryl/α,β-unsaturated/α-hetero) is 4. The van der Waals surface area contributed by atoms with Gasteiger partial charge in [0, 0.05) is 103 Å². The fourth-order valence-electron chi connectivity index (χ4n) is 12.6. The van der Waals surface area contributed by atoms with Gasteiger partial charge in [-0.1, -0.05) is 134 Å². The first-order valence-corrected chi connectivity index (χ1v) is 44.2. The number of benzene rings is 4. The van der Waals surface area contributed by atoms with E-state index in [-0.39, 0.29) is 94.8 Å². The first-order chi connectivity index (χ1) is 56.4. The maximum absolute atomic E-state index is 12.1. The van der Waals surface area contributed by atoms with Crippen LogP contribution in [0, 0.1) is 0 Å². The van der Waals surface area contributed by atoms with Crippen LogP contribution in [-0.4, -0.2) is 93.5 Å². The van der Waals surface area contributed by atoms with Gasteiger partial charge in [0.2, 0.25) is 0 Å². The minimum absolute atomic E-state index is 0.00414. The van der Waals surface area contributed by atoms with E-state index in [0.717, 1.165) is 85.1 Å². The van der Waals surface area contributed by atoms with Crippen LogP contribution in [0.1, 0.15) is 367 Å². The summed E-state index contributed by atoms with van der Waals surface area (Å²) >= 11 is 0. The largest absolute Gasteiger partial charge is 0.508 e. The van der Waals surface area contributed by atoms with Crippen molar-refractivity contribution < 1.29 is 86.5 Å². The standard InChI is InChI=1S/C17H26O3.C17H24O3.C17H26O3.C17H24O3.2C15H20O3.2C2H6/c2*1-6-14(18)8-7-13-9-15(11(2)3)17(10-16(13)19)20-12(4)5;2*1-6-13(18)7-8-15-16(19)10-9-14(11(2)3)17(15)20-12(4)5;1-9(2)11-5-7-13-12(6-8-14(16)18-13)15(11)17-10(3)4;1-9(2)12-7-11-5-6-15(16)18-13(11)8-14(12)17-10(3)4;2*1-2/h9-12,19H,6-8H2,1-5H3;9-10,12H,6-8H2,1-5H3;9-12,19H,6-8H2,1-5H3;9-10,12H,6-8H2,1-5H3;5,7,9-10H,6,8H2,1-4H3;7-10H,5-6H2,1-4H3;2*1-2H3. The molecule has 668 valence electrons. The summed E-state index contributed by atoms with van der Waals surface area (Å²) < 4.78 is 45.5. The molecule has 0 amide bonds. The van der Waals surface area contributed by atoms with E-state index in [2.05, 4.69) is 61.5 Å². The Bertz CT molecular complexity index is 4170. The van der Waals surface area contributed by atoms with Gasteiger partial charge in [-0.3, -0.25) is 38.4 Å². The normalized spacial score (nSPS) is 13.2. The van der Waals surface area contributed by atoms with Crippen molar-refractivity contribution in [2.24, 2.45) is 0 Å². The number of esters is 2. The van der Waals surface area contributed by atoms with Crippen LogP contribution in [0.4, 0.5) is 0 Å². The first-order valence-electron chi connectivity index (χ1n) is 44.2. The molecule has 2 heterocycles. The topological polar surface area (TPSA) is 251 Å². The number of rotatable bonds is 32. The predicted octanol–water partition coefficient (Wildman–Crippen LogP) is 25.2. The molecule has 0 unspecified atom stereocenters. The van der Waals surface area contributed by atoms with Gasteiger partial charge in [0.15, 0.2) is 11.6 Å². The lowest BCUT2D eigenvalue weighted by Gasteiger charge is -2.24. The molecule has 4 aliphatic rings. The number of hydrogen-bond donors (Lipinski definition) is 2. The molecule has 0 fully saturated rings. The smallest absolute Gasteiger partial charge is 0.311 e. The lowest BCUT2D eigenvalue weighted by atomic mass is 9.92. The number of hydrogen-bond acceptors (Lipinski definition) is 18. The average molecular weight is 1670 g/mol. The Kier molecular flexibility index (Phi) is 50.3. The van der Waals surface area contributed by atoms with Gasteiger partial charge in [0.05, 0.1) is 49.5 Å². The maximum atomic E-state index is 12.1. The number of fused-ring (bicyclic) bond motifs is 2. The minimum atomic E-state index is -0.157. The van der Waals surface area contributed by atoms with E-state index < -0.39 is 0 Å². The fourth-order valence-corrected chi connectivity index (χ4v) is 12.6. The van der Waals surface area contributed by atoms with E-state index >= 15 is 0 Å². The fraction of sp³-hybridized carbons (Fsp3) is 0.569. The Balaban J connectivity index is 0.000000714. The van der Waals surface area contributed by atoms with Crippen LogP contribution in [0.3, 0.4) is 0 Å². The second-order valence-corrected chi connectivity index (χ2v) is 33.0. The van der Waals surface area contributed by atoms with Gasteiger partial charge in [-0.2, -0.15) is 0 Å². The van der Waals surface area contributed by atoms with E-state index in [4.69, 9.17) is 37.9 Å². The van der Waals surface area contributed by atoms with Crippen molar-refractivity contribution in [3.8, 4) is 46.0 Å². The molecule has 4 aromatic carbocycles. The predicted molar refractivity (Wildman–Crippen MR) is 487 cm³/mol. The monoisotopic (exact) mass is 1670 g/mol. The molecule has 0 spiro atoms. The van der Waals surface area contributed by atoms with Gasteiger partial charge in [0.1, 0.15) is 80.6 Å². The van der Waals surface area contributed by atoms with Crippen molar-refractivity contribution >= 4 is 46.6 Å². The zero-order valence-electron chi connectivity index (χ0n) is 79.4. The van der Waals surface area contributed by atoms with Gasteiger partial charge in [-0.15, -0.1) is 0 Å². The van der Waals surface area contributed by atoms with Gasteiger partial charge in [0.25, 0.3) is 0 Å². The highest BCUT2D eigenvalue weighted by Crippen LogP contribution is 2.43. The zero-order valence-corrected chi connectivity index (χ0v) is 79.4. The molecule has 0 saturated heterocycles. The highest BCUT2D eigenvalue weighted by atomic mass is 16.5. The number of ketones is 6. The van der Waals surface area contributed by atoms with E-state index in [1.165, 1.54) is 11.1 Å². The Morgan fingerprint density at radius 3 is 1.30 bits per heavy atom. The number of phenolic OH excluding ortho intramolecular Hbond substituents is 2. The molecule has 0 bridgehead atoms. The minimum Gasteiger partial charge on any atom is -0.508 e. The van der Waals surface area contributed by atoms with Crippen molar-refractivity contribution in [2.45, 2.75) is 385 Å². The summed E-state index contributed by atoms with van der Waals surface area (Å²) in [5.41, 5.74) is 13.7. The van der Waals surface area contributed by atoms with E-state index in [9.17, 15) is 48.6 Å². The average Bonchev–Trinajstić information content (AvgIpc) is 0.798. The lowest BCUT2D eigenvalue weighted by Crippen LogP contribution is -2.19. The summed E-state index contributed by atoms with van der Waals surface area (Å²) in [6.07, 6.45) is 15.5. The van der Waals surface area contributed by atoms with Gasteiger partial charge < -0.3 is 48.1 Å². The number of carbonyl (C=O) groups excluding carboxylic acids is 8. The third-order valence-corrected chi connectivity index (χ3v) is 18.9. The van der Waals surface area contributed by atoms with E-state index in [1.807, 2.05) is 203 Å². The maximum Gasteiger partial charge on any atom is 0.311 e. The van der Waals surface area contributed by atoms with Gasteiger partial charge in [-0.05, 0) is 249 Å². The molecule has 18 nitrogen and oxygen atoms in total. The van der Waals surface area contributed by atoms with Crippen LogP contribution in [-0.2, 0) is 73.5 Å². The van der Waals surface area contributed by atoms with Crippen LogP contribution >= 0.6 is 0 Å². The van der Waals surface area contributed by atoms with Crippen molar-refractivity contribution in [3.05, 3.63) is 162 Å². The summed E-state index contributed by atoms with van der Waals surface area (Å²) in [5, 5.41) is 20.2. The molecule has 4 aromatic rings. The number of aromatic hydroxyl groups is 2. The number of allylic oxidation sites excluding steroid dienone is 8. The molecule has 0 atom stereocenters. The van der Waals surface area contributed by atoms with Crippen molar-refractivity contribution in [2.75, 3.05) is 0 Å². The molecule has 2 N–H and O–H groups in total. The molecule has 18 heteroatoms. The first kappa shape index (κ1) is 109. The highest BCUT2D eigenvalue weighted by molar-refractivity contribution is 6.08. The lowest BCUT2D eigenvalue weighted by molar-refractivity contribution is -0.136. The Hall–Kier alpha value is -9.32. The van der Waals surface area contributed by atoms with E-state index in [0.29, 0.717) is 154 Å². The molecular weight excluding hydrogens is 1510 g/mol. The SMILES string of the molecule is CC.CC.CC(C)Oc1c(C(C)C)ccc2c1CCC(=O)O2.CC(C)Oc1cc2c(cc1C(C)C)CCC(=O)O2.CCC(=O)CCC1=C(OC(C)C)C(=C(C)C)C=CC1=O.CCC(=O)CCC1=CC(=C(C)C)C(OC(C)C)=CC1=O.CCC(=O)CCc1c(O)ccc(C(C)C)c1OC(C)C.CCC(=O)CCc1cc(C(C)C)c(OC(C)C)cc1O. The Morgan fingerprint density at radius 1 is 0.400 bits per heavy atom. The van der Waals surface area contributed by atoms with Gasteiger partial charge >= 0.3 is 11.9 Å². The summed E-state index contributed by atoms with van der Waals surface area (Å²) in [4.78, 5) is 92.7. The number of carbonyl (C=O) groups is 8. The molecule has 2 aliphatic heterocycles. The summed E-state index contributed by atoms with van der Waals surface area (Å²) in [6, 6.07) is 15.1. The molecular formula is C102H152O18. The highest BCUT2D eigenvalue weighted by Gasteiger charge is 2.29. The number of aryl methyl sites for hydroxylation is 2.